The topological polar surface area (TPSA) is 64.0 Å². The number of nitrogens with one attached hydrogen (secondary N) is 1. The molecule has 0 radical (unpaired) electrons. The molecule has 0 fully saturated rings. The van der Waals surface area contributed by atoms with E-state index in [1.165, 1.54) is 0 Å². The fourth-order valence-corrected chi connectivity index (χ4v) is 2.36. The van der Waals surface area contributed by atoms with Crippen LogP contribution in [-0.2, 0) is 23.6 Å². The summed E-state index contributed by atoms with van der Waals surface area (Å²) in [6.45, 7) is 2.29. The molecule has 1 aromatic rings. The van der Waals surface area contributed by atoms with Crippen LogP contribution in [0.15, 0.2) is 12.4 Å². The molecular weight excluding hydrogens is 214 g/mol. The Morgan fingerprint density at radius 2 is 2.27 bits per heavy atom. The number of sulfonamides is 1. The fraction of sp³-hybridized carbons (Fsp3) is 0.667. The Labute approximate surface area is 90.5 Å². The van der Waals surface area contributed by atoms with Crippen LogP contribution >= 0.6 is 0 Å². The highest BCUT2D eigenvalue weighted by molar-refractivity contribution is 7.89. The third-order valence-electron chi connectivity index (χ3n) is 2.02. The van der Waals surface area contributed by atoms with Crippen LogP contribution in [0, 0.1) is 0 Å². The molecule has 1 N–H and O–H groups in total. The summed E-state index contributed by atoms with van der Waals surface area (Å²) in [6.07, 6.45) is 5.03. The van der Waals surface area contributed by atoms with Gasteiger partial charge in [-0.2, -0.15) is 5.10 Å². The quantitative estimate of drug-likeness (QED) is 0.781. The maximum Gasteiger partial charge on any atom is 0.211 e. The summed E-state index contributed by atoms with van der Waals surface area (Å²) >= 11 is 0. The second kappa shape index (κ2) is 5.27. The first-order valence-corrected chi connectivity index (χ1v) is 6.63. The van der Waals surface area contributed by atoms with E-state index in [1.54, 1.807) is 24.1 Å². The minimum atomic E-state index is -3.12. The standard InChI is InChI=1S/C9H17N3O2S/c1-3-4-5-15(13,14)11-7-9-6-10-12(2)8-9/h6,8,11H,3-5,7H2,1-2H3. The molecule has 1 aromatic heterocycles. The van der Waals surface area contributed by atoms with Crippen LogP contribution in [0.5, 0.6) is 0 Å². The Morgan fingerprint density at radius 1 is 1.53 bits per heavy atom. The molecule has 0 aromatic carbocycles. The van der Waals surface area contributed by atoms with E-state index in [2.05, 4.69) is 9.82 Å². The highest BCUT2D eigenvalue weighted by Gasteiger charge is 2.09. The molecule has 0 aliphatic heterocycles. The number of aromatic nitrogens is 2. The molecule has 1 rings (SSSR count). The fourth-order valence-electron chi connectivity index (χ4n) is 1.16. The first kappa shape index (κ1) is 12.2. The summed E-state index contributed by atoms with van der Waals surface area (Å²) in [5.74, 6) is 0.198. The molecule has 0 bridgehead atoms. The van der Waals surface area contributed by atoms with Gasteiger partial charge in [0.05, 0.1) is 11.9 Å². The average Bonchev–Trinajstić information content (AvgIpc) is 2.59. The van der Waals surface area contributed by atoms with Crippen molar-refractivity contribution in [3.8, 4) is 0 Å². The van der Waals surface area contributed by atoms with Gasteiger partial charge in [-0.25, -0.2) is 13.1 Å². The van der Waals surface area contributed by atoms with Crippen LogP contribution in [0.25, 0.3) is 0 Å². The molecule has 6 heteroatoms. The van der Waals surface area contributed by atoms with Crippen molar-refractivity contribution in [2.75, 3.05) is 5.75 Å². The maximum atomic E-state index is 11.4. The van der Waals surface area contributed by atoms with E-state index in [4.69, 9.17) is 0 Å². The third kappa shape index (κ3) is 4.44. The van der Waals surface area contributed by atoms with Crippen LogP contribution in [0.3, 0.4) is 0 Å². The van der Waals surface area contributed by atoms with Gasteiger partial charge in [0.15, 0.2) is 0 Å². The maximum absolute atomic E-state index is 11.4. The molecular formula is C9H17N3O2S. The molecule has 0 unspecified atom stereocenters. The predicted octanol–water partition coefficient (Wildman–Crippen LogP) is 0.640. The molecule has 0 saturated carbocycles. The van der Waals surface area contributed by atoms with Crippen molar-refractivity contribution < 1.29 is 8.42 Å². The van der Waals surface area contributed by atoms with Crippen LogP contribution < -0.4 is 4.72 Å². The van der Waals surface area contributed by atoms with E-state index in [0.717, 1.165) is 12.0 Å². The van der Waals surface area contributed by atoms with Crippen molar-refractivity contribution in [2.24, 2.45) is 7.05 Å². The van der Waals surface area contributed by atoms with Crippen molar-refractivity contribution in [3.05, 3.63) is 18.0 Å². The van der Waals surface area contributed by atoms with E-state index in [0.29, 0.717) is 13.0 Å². The first-order chi connectivity index (χ1) is 7.03. The molecule has 0 aliphatic carbocycles. The van der Waals surface area contributed by atoms with Crippen molar-refractivity contribution in [3.63, 3.8) is 0 Å². The van der Waals surface area contributed by atoms with Crippen LogP contribution in [0.2, 0.25) is 0 Å². The van der Waals surface area contributed by atoms with Crippen molar-refractivity contribution in [1.82, 2.24) is 14.5 Å². The Balaban J connectivity index is 2.42. The van der Waals surface area contributed by atoms with Gasteiger partial charge in [-0.3, -0.25) is 4.68 Å². The van der Waals surface area contributed by atoms with Gasteiger partial charge >= 0.3 is 0 Å². The molecule has 86 valence electrons. The first-order valence-electron chi connectivity index (χ1n) is 4.98. The highest BCUT2D eigenvalue weighted by atomic mass is 32.2. The zero-order chi connectivity index (χ0) is 11.3. The second-order valence-electron chi connectivity index (χ2n) is 3.52. The van der Waals surface area contributed by atoms with E-state index in [1.807, 2.05) is 6.92 Å². The summed E-state index contributed by atoms with van der Waals surface area (Å²) < 4.78 is 27.1. The molecule has 1 heterocycles. The Bertz CT molecular complexity index is 397. The zero-order valence-electron chi connectivity index (χ0n) is 9.10. The lowest BCUT2D eigenvalue weighted by molar-refractivity contribution is 0.578. The minimum absolute atomic E-state index is 0.198. The number of hydrogen-bond acceptors (Lipinski definition) is 3. The second-order valence-corrected chi connectivity index (χ2v) is 5.44. The summed E-state index contributed by atoms with van der Waals surface area (Å²) in [4.78, 5) is 0. The number of hydrogen-bond donors (Lipinski definition) is 1. The minimum Gasteiger partial charge on any atom is -0.275 e. The average molecular weight is 231 g/mol. The van der Waals surface area contributed by atoms with E-state index >= 15 is 0 Å². The molecule has 0 amide bonds. The monoisotopic (exact) mass is 231 g/mol. The molecule has 5 nitrogen and oxygen atoms in total. The SMILES string of the molecule is CCCCS(=O)(=O)NCc1cnn(C)c1. The molecule has 0 saturated heterocycles. The summed E-state index contributed by atoms with van der Waals surface area (Å²) in [5, 5.41) is 3.96. The van der Waals surface area contributed by atoms with E-state index in [9.17, 15) is 8.42 Å². The third-order valence-corrected chi connectivity index (χ3v) is 3.43. The number of rotatable bonds is 6. The lowest BCUT2D eigenvalue weighted by atomic mass is 10.4. The van der Waals surface area contributed by atoms with Crippen LogP contribution in [0.1, 0.15) is 25.3 Å². The largest absolute Gasteiger partial charge is 0.275 e. The molecule has 0 atom stereocenters. The summed E-state index contributed by atoms with van der Waals surface area (Å²) in [5.41, 5.74) is 0.873. The van der Waals surface area contributed by atoms with Crippen LogP contribution in [-0.4, -0.2) is 24.0 Å². The van der Waals surface area contributed by atoms with Crippen molar-refractivity contribution in [1.29, 1.82) is 0 Å². The Morgan fingerprint density at radius 3 is 2.80 bits per heavy atom. The van der Waals surface area contributed by atoms with Crippen LogP contribution in [0.4, 0.5) is 0 Å². The van der Waals surface area contributed by atoms with Gasteiger partial charge in [-0.05, 0) is 6.42 Å². The smallest absolute Gasteiger partial charge is 0.211 e. The van der Waals surface area contributed by atoms with Gasteiger partial charge in [-0.1, -0.05) is 13.3 Å². The van der Waals surface area contributed by atoms with E-state index in [-0.39, 0.29) is 5.75 Å². The zero-order valence-corrected chi connectivity index (χ0v) is 9.92. The molecule has 0 spiro atoms. The Hall–Kier alpha value is -0.880. The predicted molar refractivity (Wildman–Crippen MR) is 58.7 cm³/mol. The number of aryl methyl sites for hydroxylation is 1. The lowest BCUT2D eigenvalue weighted by Gasteiger charge is -2.03. The number of unbranched alkanes of at least 4 members (excludes halogenated alkanes) is 1. The van der Waals surface area contributed by atoms with Crippen molar-refractivity contribution >= 4 is 10.0 Å². The van der Waals surface area contributed by atoms with Gasteiger partial charge < -0.3 is 0 Å². The summed E-state index contributed by atoms with van der Waals surface area (Å²) in [7, 11) is -1.32. The lowest BCUT2D eigenvalue weighted by Crippen LogP contribution is -2.25. The van der Waals surface area contributed by atoms with Crippen molar-refractivity contribution in [2.45, 2.75) is 26.3 Å². The summed E-state index contributed by atoms with van der Waals surface area (Å²) in [6, 6.07) is 0. The normalized spacial score (nSPS) is 11.9. The van der Waals surface area contributed by atoms with Gasteiger partial charge in [0.25, 0.3) is 0 Å². The van der Waals surface area contributed by atoms with E-state index < -0.39 is 10.0 Å². The molecule has 15 heavy (non-hydrogen) atoms. The Kier molecular flexibility index (Phi) is 4.28. The van der Waals surface area contributed by atoms with Gasteiger partial charge in [0.1, 0.15) is 0 Å². The molecule has 0 aliphatic rings. The highest BCUT2D eigenvalue weighted by Crippen LogP contribution is 1.98. The van der Waals surface area contributed by atoms with Gasteiger partial charge in [0.2, 0.25) is 10.0 Å². The van der Waals surface area contributed by atoms with Gasteiger partial charge in [0, 0.05) is 25.4 Å². The van der Waals surface area contributed by atoms with Gasteiger partial charge in [-0.15, -0.1) is 0 Å². The number of nitrogens with zero attached hydrogens (tertiary/aromatic N) is 2.